The zero-order valence-electron chi connectivity index (χ0n) is 23.9. The molecule has 0 amide bonds. The van der Waals surface area contributed by atoms with E-state index in [1.165, 1.54) is 60.8 Å². The summed E-state index contributed by atoms with van der Waals surface area (Å²) in [5.74, 6) is 0. The molecule has 204 valence electrons. The molecule has 0 radical (unpaired) electrons. The van der Waals surface area contributed by atoms with E-state index in [1.807, 2.05) is 22.7 Å². The third kappa shape index (κ3) is 5.07. The third-order valence-electron chi connectivity index (χ3n) is 9.77. The van der Waals surface area contributed by atoms with Crippen molar-refractivity contribution in [2.45, 2.75) is 78.3 Å². The number of rotatable bonds is 11. The van der Waals surface area contributed by atoms with Gasteiger partial charge in [-0.2, -0.15) is 5.10 Å². The number of nitrogens with zero attached hydrogens (tertiary/aromatic N) is 3. The zero-order chi connectivity index (χ0) is 27.8. The van der Waals surface area contributed by atoms with Crippen molar-refractivity contribution in [2.24, 2.45) is 10.8 Å². The molecule has 2 N–H and O–H groups in total. The van der Waals surface area contributed by atoms with Crippen LogP contribution in [0.4, 0.5) is 0 Å². The van der Waals surface area contributed by atoms with Gasteiger partial charge in [-0.25, -0.2) is 9.50 Å². The first kappa shape index (κ1) is 27.0. The van der Waals surface area contributed by atoms with Crippen LogP contribution >= 0.6 is 0 Å². The Kier molecular flexibility index (Phi) is 7.28. The van der Waals surface area contributed by atoms with Crippen LogP contribution in [0.2, 0.25) is 0 Å². The molecule has 3 aliphatic rings. The highest BCUT2D eigenvalue weighted by Crippen LogP contribution is 2.60. The molecule has 1 atom stereocenters. The largest absolute Gasteiger partial charge is 0.381 e. The topological polar surface area (TPSA) is 54.2 Å². The van der Waals surface area contributed by atoms with Gasteiger partial charge >= 0.3 is 0 Å². The van der Waals surface area contributed by atoms with Crippen LogP contribution in [-0.2, 0) is 13.0 Å². The van der Waals surface area contributed by atoms with Crippen LogP contribution in [0.5, 0.6) is 0 Å². The van der Waals surface area contributed by atoms with Crippen molar-refractivity contribution in [3.05, 3.63) is 103 Å². The molecule has 0 aliphatic heterocycles. The molecule has 39 heavy (non-hydrogen) atoms. The van der Waals surface area contributed by atoms with Gasteiger partial charge in [-0.1, -0.05) is 49.6 Å². The van der Waals surface area contributed by atoms with Crippen molar-refractivity contribution in [1.82, 2.24) is 25.2 Å². The van der Waals surface area contributed by atoms with E-state index in [2.05, 4.69) is 81.0 Å². The number of hydrogen-bond donors (Lipinski definition) is 2. The quantitative estimate of drug-likeness (QED) is 0.258. The first-order chi connectivity index (χ1) is 18.7. The number of fused-ring (bicyclic) bond motifs is 4. The Labute approximate surface area is 233 Å². The maximum Gasteiger partial charge on any atom is 0.156 e. The van der Waals surface area contributed by atoms with Gasteiger partial charge in [-0.15, -0.1) is 6.58 Å². The Bertz CT molecular complexity index is 1420. The maximum absolute atomic E-state index is 4.83. The summed E-state index contributed by atoms with van der Waals surface area (Å²) in [4.78, 5) is 4.83. The number of allylic oxidation sites excluding steroid dienone is 2. The lowest BCUT2D eigenvalue weighted by atomic mass is 9.50. The second kappa shape index (κ2) is 10.5. The molecule has 3 fully saturated rings. The van der Waals surface area contributed by atoms with Gasteiger partial charge in [-0.05, 0) is 99.3 Å². The fourth-order valence-electron chi connectivity index (χ4n) is 6.83. The molecule has 5 heteroatoms. The molecule has 3 aromatic rings. The molecule has 5 nitrogen and oxygen atoms in total. The molecular formula is C34H43N5. The van der Waals surface area contributed by atoms with Crippen molar-refractivity contribution >= 4 is 17.0 Å². The molecule has 6 rings (SSSR count). The Morgan fingerprint density at radius 2 is 1.77 bits per heavy atom. The summed E-state index contributed by atoms with van der Waals surface area (Å²) in [6, 6.07) is 10.9. The lowest BCUT2D eigenvalue weighted by Gasteiger charge is -2.56. The second-order valence-electron chi connectivity index (χ2n) is 12.0. The number of benzene rings is 1. The van der Waals surface area contributed by atoms with E-state index >= 15 is 0 Å². The van der Waals surface area contributed by atoms with Crippen LogP contribution in [0.15, 0.2) is 74.5 Å². The fourth-order valence-corrected chi connectivity index (χ4v) is 6.83. The smallest absolute Gasteiger partial charge is 0.156 e. The lowest BCUT2D eigenvalue weighted by molar-refractivity contribution is -0.00533. The first-order valence-electron chi connectivity index (χ1n) is 14.3. The number of aryl methyl sites for hydroxylation is 1. The summed E-state index contributed by atoms with van der Waals surface area (Å²) >= 11 is 0. The Hall–Kier alpha value is -3.60. The molecule has 3 saturated carbocycles. The predicted octanol–water partition coefficient (Wildman–Crippen LogP) is 7.39. The zero-order valence-corrected chi connectivity index (χ0v) is 23.9. The minimum absolute atomic E-state index is 0.309. The Morgan fingerprint density at radius 3 is 2.41 bits per heavy atom. The Balaban J connectivity index is 1.30. The normalized spacial score (nSPS) is 22.8. The van der Waals surface area contributed by atoms with E-state index in [1.54, 1.807) is 6.20 Å². The average Bonchev–Trinajstić information content (AvgIpc) is 3.42. The monoisotopic (exact) mass is 521 g/mol. The van der Waals surface area contributed by atoms with Gasteiger partial charge in [-0.3, -0.25) is 0 Å². The van der Waals surface area contributed by atoms with Gasteiger partial charge in [0.1, 0.15) is 0 Å². The fraction of sp³-hybridized carbons (Fsp3) is 0.412. The van der Waals surface area contributed by atoms with E-state index in [0.29, 0.717) is 23.4 Å². The van der Waals surface area contributed by atoms with E-state index in [9.17, 15) is 0 Å². The number of hydrogen-bond acceptors (Lipinski definition) is 4. The van der Waals surface area contributed by atoms with Crippen molar-refractivity contribution in [1.29, 1.82) is 0 Å². The van der Waals surface area contributed by atoms with Crippen LogP contribution in [0, 0.1) is 17.8 Å². The first-order valence-corrected chi connectivity index (χ1v) is 14.3. The highest BCUT2D eigenvalue weighted by Gasteiger charge is 2.51. The summed E-state index contributed by atoms with van der Waals surface area (Å²) in [5, 5.41) is 11.8. The van der Waals surface area contributed by atoms with Crippen LogP contribution in [0.3, 0.4) is 0 Å². The van der Waals surface area contributed by atoms with Gasteiger partial charge in [0.05, 0.1) is 29.0 Å². The lowest BCUT2D eigenvalue weighted by Crippen LogP contribution is -2.51. The van der Waals surface area contributed by atoms with Crippen LogP contribution in [-0.4, -0.2) is 20.6 Å². The third-order valence-corrected chi connectivity index (χ3v) is 9.77. The molecule has 2 aromatic heterocycles. The van der Waals surface area contributed by atoms with E-state index in [0.717, 1.165) is 34.8 Å². The molecule has 3 aliphatic carbocycles. The molecular weight excluding hydrogens is 478 g/mol. The summed E-state index contributed by atoms with van der Waals surface area (Å²) in [7, 11) is 0. The number of nitrogens with one attached hydrogen (secondary N) is 2. The van der Waals surface area contributed by atoms with Crippen LogP contribution in [0.25, 0.3) is 17.0 Å². The van der Waals surface area contributed by atoms with Gasteiger partial charge in [0, 0.05) is 18.7 Å². The summed E-state index contributed by atoms with van der Waals surface area (Å²) in [6.45, 7) is 24.3. The average molecular weight is 522 g/mol. The highest BCUT2D eigenvalue weighted by atomic mass is 15.3. The number of aromatic nitrogens is 3. The van der Waals surface area contributed by atoms with E-state index in [-0.39, 0.29) is 0 Å². The Morgan fingerprint density at radius 1 is 1.05 bits per heavy atom. The van der Waals surface area contributed by atoms with Crippen molar-refractivity contribution in [3.63, 3.8) is 0 Å². The van der Waals surface area contributed by atoms with E-state index < -0.39 is 0 Å². The maximum atomic E-state index is 4.83. The predicted molar refractivity (Wildman–Crippen MR) is 163 cm³/mol. The van der Waals surface area contributed by atoms with Gasteiger partial charge in [0.25, 0.3) is 0 Å². The van der Waals surface area contributed by atoms with Crippen molar-refractivity contribution in [2.75, 3.05) is 0 Å². The van der Waals surface area contributed by atoms with Crippen molar-refractivity contribution < 1.29 is 0 Å². The molecule has 1 aromatic carbocycles. The summed E-state index contributed by atoms with van der Waals surface area (Å²) in [6.07, 6.45) is 12.1. The summed E-state index contributed by atoms with van der Waals surface area (Å²) in [5.41, 5.74) is 10.0. The van der Waals surface area contributed by atoms with Crippen LogP contribution in [0.1, 0.15) is 80.5 Å². The SMILES string of the molecule is C=CCc1ccc(CNC(=C)c2cc(C(=C)NC(C)C34CCC(C(=C)C)(CC3)CC4)n3nccc3n2)cc1C. The molecule has 2 bridgehead atoms. The van der Waals surface area contributed by atoms with Gasteiger partial charge in [0.2, 0.25) is 0 Å². The van der Waals surface area contributed by atoms with Gasteiger partial charge in [0.15, 0.2) is 5.65 Å². The molecule has 0 spiro atoms. The molecule has 0 saturated heterocycles. The minimum atomic E-state index is 0.309. The van der Waals surface area contributed by atoms with E-state index in [4.69, 9.17) is 4.98 Å². The standard InChI is InChI=1S/C34H43N5/c1-8-9-29-11-10-28(20-24(29)4)22-35-25(5)30-21-31(39-32(38-30)12-19-36-39)26(6)37-27(7)34-16-13-33(14-17-34,15-18-34)23(2)3/h8,10-12,19-21,27,35,37H,1-2,5-6,9,13-18,22H2,3-4,7H3. The highest BCUT2D eigenvalue weighted by molar-refractivity contribution is 5.68. The van der Waals surface area contributed by atoms with Gasteiger partial charge < -0.3 is 10.6 Å². The summed E-state index contributed by atoms with van der Waals surface area (Å²) < 4.78 is 1.87. The van der Waals surface area contributed by atoms with Crippen LogP contribution < -0.4 is 10.6 Å². The van der Waals surface area contributed by atoms with Crippen molar-refractivity contribution in [3.8, 4) is 0 Å². The molecule has 1 unspecified atom stereocenters. The second-order valence-corrected chi connectivity index (χ2v) is 12.0. The molecule has 2 heterocycles. The minimum Gasteiger partial charge on any atom is -0.381 e.